The van der Waals surface area contributed by atoms with E-state index in [4.69, 9.17) is 0 Å². The van der Waals surface area contributed by atoms with Gasteiger partial charge in [0.05, 0.1) is 7.11 Å². The molecule has 0 spiro atoms. The van der Waals surface area contributed by atoms with Gasteiger partial charge in [-0.05, 0) is 0 Å². The molecule has 0 aliphatic heterocycles. The third-order valence-corrected chi connectivity index (χ3v) is 1.41. The van der Waals surface area contributed by atoms with Gasteiger partial charge < -0.3 is 9.72 Å². The Morgan fingerprint density at radius 1 is 1.46 bits per heavy atom. The summed E-state index contributed by atoms with van der Waals surface area (Å²) in [5.41, 5.74) is -2.34. The lowest BCUT2D eigenvalue weighted by Gasteiger charge is -2.05. The molecule has 1 aromatic heterocycles. The van der Waals surface area contributed by atoms with Gasteiger partial charge >= 0.3 is 6.18 Å². The van der Waals surface area contributed by atoms with Crippen molar-refractivity contribution in [2.75, 3.05) is 7.11 Å². The average molecular weight is 193 g/mol. The second-order valence-corrected chi connectivity index (χ2v) is 2.28. The summed E-state index contributed by atoms with van der Waals surface area (Å²) in [6, 6.07) is 0.753. The zero-order valence-electron chi connectivity index (χ0n) is 6.61. The lowest BCUT2D eigenvalue weighted by molar-refractivity contribution is -0.138. The molecule has 0 bridgehead atoms. The van der Waals surface area contributed by atoms with Gasteiger partial charge in [0.15, 0.2) is 11.3 Å². The number of hydrogen-bond acceptors (Lipinski definition) is 2. The molecule has 1 rings (SSSR count). The smallest absolute Gasteiger partial charge is 0.421 e. The topological polar surface area (TPSA) is 42.1 Å². The number of alkyl halides is 3. The number of aromatic nitrogens is 1. The minimum Gasteiger partial charge on any atom is -0.482 e. The number of pyridine rings is 1. The van der Waals surface area contributed by atoms with Crippen molar-refractivity contribution in [3.63, 3.8) is 0 Å². The van der Waals surface area contributed by atoms with E-state index < -0.39 is 17.2 Å². The maximum atomic E-state index is 12.0. The Kier molecular flexibility index (Phi) is 2.31. The molecule has 0 fully saturated rings. The van der Waals surface area contributed by atoms with Crippen molar-refractivity contribution in [1.82, 2.24) is 4.98 Å². The first kappa shape index (κ1) is 9.63. The van der Waals surface area contributed by atoms with Crippen molar-refractivity contribution in [1.29, 1.82) is 0 Å². The first-order valence-electron chi connectivity index (χ1n) is 3.29. The number of hydrogen-bond donors (Lipinski definition) is 1. The van der Waals surface area contributed by atoms with Crippen LogP contribution in [0.4, 0.5) is 13.2 Å². The van der Waals surface area contributed by atoms with Gasteiger partial charge in [-0.15, -0.1) is 0 Å². The van der Waals surface area contributed by atoms with Crippen molar-refractivity contribution in [2.45, 2.75) is 6.18 Å². The Morgan fingerprint density at radius 3 is 2.46 bits per heavy atom. The van der Waals surface area contributed by atoms with Crippen molar-refractivity contribution in [2.24, 2.45) is 0 Å². The summed E-state index contributed by atoms with van der Waals surface area (Å²) in [4.78, 5) is 13.0. The fourth-order valence-corrected chi connectivity index (χ4v) is 0.792. The van der Waals surface area contributed by atoms with Crippen LogP contribution in [-0.4, -0.2) is 12.1 Å². The summed E-state index contributed by atoms with van der Waals surface area (Å²) >= 11 is 0. The second kappa shape index (κ2) is 3.12. The van der Waals surface area contributed by atoms with Crippen LogP contribution in [0.15, 0.2) is 17.1 Å². The number of halogens is 3. The van der Waals surface area contributed by atoms with Gasteiger partial charge in [-0.1, -0.05) is 0 Å². The quantitative estimate of drug-likeness (QED) is 0.732. The SMILES string of the molecule is COc1cc(=O)c(C(F)(F)F)c[nH]1. The van der Waals surface area contributed by atoms with Gasteiger partial charge in [0.2, 0.25) is 0 Å². The number of rotatable bonds is 1. The van der Waals surface area contributed by atoms with Gasteiger partial charge in [-0.2, -0.15) is 13.2 Å². The molecule has 0 atom stereocenters. The van der Waals surface area contributed by atoms with E-state index in [9.17, 15) is 18.0 Å². The summed E-state index contributed by atoms with van der Waals surface area (Å²) in [6.07, 6.45) is -4.04. The fraction of sp³-hybridized carbons (Fsp3) is 0.286. The van der Waals surface area contributed by atoms with E-state index in [1.54, 1.807) is 0 Å². The summed E-state index contributed by atoms with van der Waals surface area (Å²) in [5, 5.41) is 0. The van der Waals surface area contributed by atoms with Gasteiger partial charge in [0, 0.05) is 12.3 Å². The van der Waals surface area contributed by atoms with Crippen LogP contribution in [0.25, 0.3) is 0 Å². The summed E-state index contributed by atoms with van der Waals surface area (Å²) in [5.74, 6) is -0.00185. The third kappa shape index (κ3) is 2.01. The molecule has 0 aromatic carbocycles. The molecule has 0 aliphatic rings. The number of H-pyrrole nitrogens is 1. The van der Waals surface area contributed by atoms with Gasteiger partial charge in [-0.3, -0.25) is 4.79 Å². The number of nitrogens with one attached hydrogen (secondary N) is 1. The van der Waals surface area contributed by atoms with E-state index in [-0.39, 0.29) is 5.88 Å². The van der Waals surface area contributed by atoms with E-state index in [1.165, 1.54) is 7.11 Å². The maximum Gasteiger partial charge on any atom is 0.421 e. The van der Waals surface area contributed by atoms with Crippen LogP contribution in [0.2, 0.25) is 0 Å². The highest BCUT2D eigenvalue weighted by atomic mass is 19.4. The molecule has 0 aliphatic carbocycles. The highest BCUT2D eigenvalue weighted by Crippen LogP contribution is 2.26. The molecule has 1 aromatic rings. The van der Waals surface area contributed by atoms with Crippen molar-refractivity contribution < 1.29 is 17.9 Å². The molecule has 1 N–H and O–H groups in total. The first-order chi connectivity index (χ1) is 5.95. The fourth-order valence-electron chi connectivity index (χ4n) is 0.792. The van der Waals surface area contributed by atoms with Crippen molar-refractivity contribution >= 4 is 0 Å². The van der Waals surface area contributed by atoms with Crippen LogP contribution in [-0.2, 0) is 6.18 Å². The molecule has 0 unspecified atom stereocenters. The molecule has 1 heterocycles. The van der Waals surface area contributed by atoms with E-state index in [0.29, 0.717) is 6.20 Å². The predicted molar refractivity (Wildman–Crippen MR) is 38.6 cm³/mol. The molecular weight excluding hydrogens is 187 g/mol. The third-order valence-electron chi connectivity index (χ3n) is 1.41. The Labute approximate surface area is 71.2 Å². The minimum atomic E-state index is -4.63. The van der Waals surface area contributed by atoms with Crippen LogP contribution < -0.4 is 10.2 Å². The molecule has 0 radical (unpaired) electrons. The van der Waals surface area contributed by atoms with Crippen LogP contribution in [0, 0.1) is 0 Å². The average Bonchev–Trinajstić information content (AvgIpc) is 2.01. The Hall–Kier alpha value is -1.46. The van der Waals surface area contributed by atoms with Gasteiger partial charge in [0.25, 0.3) is 0 Å². The van der Waals surface area contributed by atoms with Crippen LogP contribution >= 0.6 is 0 Å². The lowest BCUT2D eigenvalue weighted by Crippen LogP contribution is -2.18. The van der Waals surface area contributed by atoms with Crippen LogP contribution in [0.3, 0.4) is 0 Å². The van der Waals surface area contributed by atoms with E-state index in [2.05, 4.69) is 9.72 Å². The molecule has 0 saturated carbocycles. The molecule has 6 heteroatoms. The Morgan fingerprint density at radius 2 is 2.08 bits per heavy atom. The van der Waals surface area contributed by atoms with Crippen LogP contribution in [0.1, 0.15) is 5.56 Å². The van der Waals surface area contributed by atoms with Crippen molar-refractivity contribution in [3.8, 4) is 5.88 Å². The highest BCUT2D eigenvalue weighted by Gasteiger charge is 2.33. The standard InChI is InChI=1S/C7H6F3NO2/c1-13-6-2-5(12)4(3-11-6)7(8,9)10/h2-3H,1H3,(H,11,12). The summed E-state index contributed by atoms with van der Waals surface area (Å²) in [6.45, 7) is 0. The molecule has 13 heavy (non-hydrogen) atoms. The molecular formula is C7H6F3NO2. The number of aromatic amines is 1. The highest BCUT2D eigenvalue weighted by molar-refractivity contribution is 5.20. The van der Waals surface area contributed by atoms with Crippen molar-refractivity contribution in [3.05, 3.63) is 28.0 Å². The largest absolute Gasteiger partial charge is 0.482 e. The normalized spacial score (nSPS) is 11.4. The maximum absolute atomic E-state index is 12.0. The van der Waals surface area contributed by atoms with Gasteiger partial charge in [0.1, 0.15) is 5.56 Å². The minimum absolute atomic E-state index is 0.00185. The Bertz CT molecular complexity index is 355. The zero-order valence-corrected chi connectivity index (χ0v) is 6.61. The summed E-state index contributed by atoms with van der Waals surface area (Å²) in [7, 11) is 1.25. The number of methoxy groups -OCH3 is 1. The predicted octanol–water partition coefficient (Wildman–Crippen LogP) is 1.40. The number of ether oxygens (including phenoxy) is 1. The molecule has 0 saturated heterocycles. The van der Waals surface area contributed by atoms with E-state index in [1.807, 2.05) is 0 Å². The molecule has 0 amide bonds. The summed E-state index contributed by atoms with van der Waals surface area (Å²) < 4.78 is 40.6. The lowest BCUT2D eigenvalue weighted by atomic mass is 10.2. The Balaban J connectivity index is 3.21. The molecule has 72 valence electrons. The van der Waals surface area contributed by atoms with E-state index in [0.717, 1.165) is 6.07 Å². The second-order valence-electron chi connectivity index (χ2n) is 2.28. The monoisotopic (exact) mass is 193 g/mol. The van der Waals surface area contributed by atoms with Gasteiger partial charge in [-0.25, -0.2) is 0 Å². The van der Waals surface area contributed by atoms with Crippen LogP contribution in [0.5, 0.6) is 5.88 Å². The first-order valence-corrected chi connectivity index (χ1v) is 3.29. The zero-order chi connectivity index (χ0) is 10.1. The molecule has 3 nitrogen and oxygen atoms in total. The van der Waals surface area contributed by atoms with E-state index >= 15 is 0 Å².